The summed E-state index contributed by atoms with van der Waals surface area (Å²) < 4.78 is 0. The molecule has 1 amide bonds. The first-order valence-electron chi connectivity index (χ1n) is 8.04. The molecule has 22 heavy (non-hydrogen) atoms. The first kappa shape index (κ1) is 16.7. The number of hydrogen-bond acceptors (Lipinski definition) is 3. The van der Waals surface area contributed by atoms with Crippen LogP contribution >= 0.6 is 0 Å². The Morgan fingerprint density at radius 2 is 2.18 bits per heavy atom. The molecule has 0 aliphatic carbocycles. The molecule has 1 aromatic rings. The van der Waals surface area contributed by atoms with Crippen LogP contribution in [0.2, 0.25) is 0 Å². The Balaban J connectivity index is 1.93. The van der Waals surface area contributed by atoms with Crippen molar-refractivity contribution in [2.45, 2.75) is 27.2 Å². The monoisotopic (exact) mass is 305 g/mol. The van der Waals surface area contributed by atoms with Crippen LogP contribution in [0.5, 0.6) is 0 Å². The van der Waals surface area contributed by atoms with Crippen LogP contribution in [0.4, 0.5) is 0 Å². The number of rotatable bonds is 5. The van der Waals surface area contributed by atoms with Crippen molar-refractivity contribution in [1.82, 2.24) is 14.8 Å². The molecule has 1 aliphatic rings. The summed E-state index contributed by atoms with van der Waals surface area (Å²) in [6.45, 7) is 10.3. The zero-order valence-electron chi connectivity index (χ0n) is 14.1. The number of carbonyl (C=O) groups excluding carboxylic acids is 1. The lowest BCUT2D eigenvalue weighted by molar-refractivity contribution is 0.0772. The van der Waals surface area contributed by atoms with Crippen LogP contribution in [0, 0.1) is 18.8 Å². The summed E-state index contributed by atoms with van der Waals surface area (Å²) in [5, 5.41) is 0. The van der Waals surface area contributed by atoms with Gasteiger partial charge in [0.25, 0.3) is 5.91 Å². The predicted molar refractivity (Wildman–Crippen MR) is 88.1 cm³/mol. The molecule has 0 spiro atoms. The molecular formula is C17H27N3O2. The highest BCUT2D eigenvalue weighted by Crippen LogP contribution is 2.19. The number of nitrogens with zero attached hydrogens (tertiary/aromatic N) is 2. The van der Waals surface area contributed by atoms with E-state index >= 15 is 0 Å². The van der Waals surface area contributed by atoms with E-state index in [9.17, 15) is 9.59 Å². The smallest absolute Gasteiger partial charge is 0.253 e. The first-order valence-corrected chi connectivity index (χ1v) is 8.04. The number of aromatic amines is 1. The van der Waals surface area contributed by atoms with Crippen molar-refractivity contribution in [1.29, 1.82) is 0 Å². The molecule has 0 radical (unpaired) electrons. The first-order chi connectivity index (χ1) is 10.3. The number of H-pyrrole nitrogens is 1. The Bertz CT molecular complexity index is 580. The molecule has 0 saturated carbocycles. The van der Waals surface area contributed by atoms with Gasteiger partial charge in [0.15, 0.2) is 0 Å². The quantitative estimate of drug-likeness (QED) is 0.901. The predicted octanol–water partition coefficient (Wildman–Crippen LogP) is 1.73. The maximum absolute atomic E-state index is 12.5. The molecule has 1 aliphatic heterocycles. The largest absolute Gasteiger partial charge is 0.341 e. The fourth-order valence-corrected chi connectivity index (χ4v) is 3.24. The van der Waals surface area contributed by atoms with Gasteiger partial charge in [-0.1, -0.05) is 13.8 Å². The Labute approximate surface area is 132 Å². The molecule has 2 rings (SSSR count). The van der Waals surface area contributed by atoms with E-state index in [0.717, 1.165) is 32.6 Å². The fourth-order valence-electron chi connectivity index (χ4n) is 3.24. The van der Waals surface area contributed by atoms with E-state index in [2.05, 4.69) is 23.7 Å². The topological polar surface area (TPSA) is 56.4 Å². The van der Waals surface area contributed by atoms with Crippen molar-refractivity contribution in [3.63, 3.8) is 0 Å². The summed E-state index contributed by atoms with van der Waals surface area (Å²) in [5.41, 5.74) is 0.967. The number of aromatic nitrogens is 1. The van der Waals surface area contributed by atoms with Gasteiger partial charge in [-0.25, -0.2) is 0 Å². The molecule has 1 aromatic heterocycles. The van der Waals surface area contributed by atoms with E-state index in [1.54, 1.807) is 17.9 Å². The molecule has 1 atom stereocenters. The molecule has 1 N–H and O–H groups in total. The summed E-state index contributed by atoms with van der Waals surface area (Å²) in [6, 6.07) is 3.12. The van der Waals surface area contributed by atoms with Crippen molar-refractivity contribution < 1.29 is 4.79 Å². The standard InChI is InChI=1S/C17H27N3O2/c1-12(2)9-20-6-5-14(11-20)10-19(4)17(22)15-7-13(3)18-16(21)8-15/h7-8,12,14H,5-6,9-11H2,1-4H3,(H,18,21). The van der Waals surface area contributed by atoms with Crippen LogP contribution in [-0.2, 0) is 0 Å². The third-order valence-electron chi connectivity index (χ3n) is 4.10. The second-order valence-corrected chi connectivity index (χ2v) is 6.91. The average Bonchev–Trinajstić information content (AvgIpc) is 2.82. The summed E-state index contributed by atoms with van der Waals surface area (Å²) in [6.07, 6.45) is 1.14. The lowest BCUT2D eigenvalue weighted by Gasteiger charge is -2.22. The number of likely N-dealkylation sites (tertiary alicyclic amines) is 1. The molecule has 2 heterocycles. The van der Waals surface area contributed by atoms with Gasteiger partial charge in [0.1, 0.15) is 0 Å². The van der Waals surface area contributed by atoms with Crippen LogP contribution in [0.1, 0.15) is 36.3 Å². The van der Waals surface area contributed by atoms with Gasteiger partial charge in [-0.05, 0) is 37.8 Å². The van der Waals surface area contributed by atoms with Gasteiger partial charge in [0, 0.05) is 44.0 Å². The third kappa shape index (κ3) is 4.44. The maximum Gasteiger partial charge on any atom is 0.253 e. The highest BCUT2D eigenvalue weighted by Gasteiger charge is 2.25. The van der Waals surface area contributed by atoms with Crippen molar-refractivity contribution in [3.05, 3.63) is 33.7 Å². The highest BCUT2D eigenvalue weighted by molar-refractivity contribution is 5.94. The zero-order chi connectivity index (χ0) is 16.3. The van der Waals surface area contributed by atoms with Gasteiger partial charge >= 0.3 is 0 Å². The molecule has 122 valence electrons. The molecular weight excluding hydrogens is 278 g/mol. The maximum atomic E-state index is 12.5. The fraction of sp³-hybridized carbons (Fsp3) is 0.647. The summed E-state index contributed by atoms with van der Waals surface area (Å²) in [7, 11) is 1.82. The van der Waals surface area contributed by atoms with E-state index in [-0.39, 0.29) is 11.5 Å². The SMILES string of the molecule is Cc1cc(C(=O)N(C)CC2CCN(CC(C)C)C2)cc(=O)[nH]1. The Kier molecular flexibility index (Phi) is 5.40. The average molecular weight is 305 g/mol. The van der Waals surface area contributed by atoms with E-state index < -0.39 is 0 Å². The molecule has 5 nitrogen and oxygen atoms in total. The van der Waals surface area contributed by atoms with Crippen LogP contribution < -0.4 is 5.56 Å². The van der Waals surface area contributed by atoms with Gasteiger partial charge in [-0.2, -0.15) is 0 Å². The van der Waals surface area contributed by atoms with E-state index in [4.69, 9.17) is 0 Å². The van der Waals surface area contributed by atoms with Crippen LogP contribution in [0.15, 0.2) is 16.9 Å². The van der Waals surface area contributed by atoms with E-state index in [0.29, 0.717) is 23.1 Å². The van der Waals surface area contributed by atoms with Gasteiger partial charge < -0.3 is 14.8 Å². The Morgan fingerprint density at radius 3 is 2.82 bits per heavy atom. The van der Waals surface area contributed by atoms with E-state index in [1.807, 2.05) is 7.05 Å². The van der Waals surface area contributed by atoms with Gasteiger partial charge in [0.05, 0.1) is 0 Å². The Hall–Kier alpha value is -1.62. The second-order valence-electron chi connectivity index (χ2n) is 6.91. The minimum absolute atomic E-state index is 0.0727. The minimum Gasteiger partial charge on any atom is -0.341 e. The van der Waals surface area contributed by atoms with Crippen LogP contribution in [0.25, 0.3) is 0 Å². The van der Waals surface area contributed by atoms with Crippen molar-refractivity contribution in [2.75, 3.05) is 33.2 Å². The zero-order valence-corrected chi connectivity index (χ0v) is 14.1. The number of amides is 1. The minimum atomic E-state index is -0.222. The van der Waals surface area contributed by atoms with Gasteiger partial charge in [-0.3, -0.25) is 9.59 Å². The Morgan fingerprint density at radius 1 is 1.45 bits per heavy atom. The number of hydrogen-bond donors (Lipinski definition) is 1. The lowest BCUT2D eigenvalue weighted by atomic mass is 10.1. The third-order valence-corrected chi connectivity index (χ3v) is 4.10. The van der Waals surface area contributed by atoms with E-state index in [1.165, 1.54) is 6.07 Å². The molecule has 1 fully saturated rings. The van der Waals surface area contributed by atoms with Crippen molar-refractivity contribution in [3.8, 4) is 0 Å². The molecule has 0 aromatic carbocycles. The summed E-state index contributed by atoms with van der Waals surface area (Å²) in [4.78, 5) is 30.8. The van der Waals surface area contributed by atoms with Crippen LogP contribution in [-0.4, -0.2) is 53.9 Å². The number of pyridine rings is 1. The number of nitrogens with one attached hydrogen (secondary N) is 1. The number of aryl methyl sites for hydroxylation is 1. The highest BCUT2D eigenvalue weighted by atomic mass is 16.2. The van der Waals surface area contributed by atoms with Gasteiger partial charge in [0.2, 0.25) is 5.56 Å². The van der Waals surface area contributed by atoms with Crippen molar-refractivity contribution >= 4 is 5.91 Å². The lowest BCUT2D eigenvalue weighted by Crippen LogP contribution is -2.34. The molecule has 5 heteroatoms. The summed E-state index contributed by atoms with van der Waals surface area (Å²) in [5.74, 6) is 1.13. The molecule has 1 saturated heterocycles. The number of carbonyl (C=O) groups is 1. The normalized spacial score (nSPS) is 18.9. The van der Waals surface area contributed by atoms with Crippen molar-refractivity contribution in [2.24, 2.45) is 11.8 Å². The molecule has 0 bridgehead atoms. The molecule has 1 unspecified atom stereocenters. The second kappa shape index (κ2) is 7.09. The van der Waals surface area contributed by atoms with Crippen LogP contribution in [0.3, 0.4) is 0 Å². The van der Waals surface area contributed by atoms with Gasteiger partial charge in [-0.15, -0.1) is 0 Å². The summed E-state index contributed by atoms with van der Waals surface area (Å²) >= 11 is 0.